The summed E-state index contributed by atoms with van der Waals surface area (Å²) in [6, 6.07) is 5.04. The number of nitrogens with one attached hydrogen (secondary N) is 2. The van der Waals surface area contributed by atoms with Crippen molar-refractivity contribution >= 4 is 23.5 Å². The molecule has 0 unspecified atom stereocenters. The van der Waals surface area contributed by atoms with Crippen molar-refractivity contribution in [3.63, 3.8) is 0 Å². The number of alkyl halides is 3. The van der Waals surface area contributed by atoms with Crippen LogP contribution < -0.4 is 10.7 Å². The van der Waals surface area contributed by atoms with Crippen LogP contribution in [-0.4, -0.2) is 17.4 Å². The molecule has 104 valence electrons. The van der Waals surface area contributed by atoms with Crippen LogP contribution in [-0.2, 0) is 6.18 Å². The summed E-state index contributed by atoms with van der Waals surface area (Å²) in [6.45, 7) is 3.81. The molecule has 0 fully saturated rings. The van der Waals surface area contributed by atoms with Crippen LogP contribution in [0, 0.1) is 0 Å². The van der Waals surface area contributed by atoms with Gasteiger partial charge in [-0.3, -0.25) is 5.43 Å². The fourth-order valence-electron chi connectivity index (χ4n) is 1.26. The van der Waals surface area contributed by atoms with Gasteiger partial charge in [-0.1, -0.05) is 12.1 Å². The molecule has 0 aliphatic rings. The molecule has 0 bridgehead atoms. The highest BCUT2D eigenvalue weighted by molar-refractivity contribution is 7.80. The van der Waals surface area contributed by atoms with Gasteiger partial charge in [0, 0.05) is 6.04 Å². The van der Waals surface area contributed by atoms with Crippen molar-refractivity contribution < 1.29 is 13.2 Å². The number of halogens is 3. The van der Waals surface area contributed by atoms with Crippen LogP contribution in [0.5, 0.6) is 0 Å². The standard InChI is InChI=1S/C12H14F3N3S/c1-8(2)17-11(19)18-16-7-9-4-3-5-10(6-9)12(13,14)15/h3-8H,1-2H3,(H2,17,18,19)/b16-7-. The lowest BCUT2D eigenvalue weighted by Gasteiger charge is -2.09. The molecular formula is C12H14F3N3S. The zero-order valence-electron chi connectivity index (χ0n) is 10.5. The zero-order chi connectivity index (χ0) is 14.5. The Hall–Kier alpha value is -1.63. The third-order valence-corrected chi connectivity index (χ3v) is 2.22. The quantitative estimate of drug-likeness (QED) is 0.510. The maximum Gasteiger partial charge on any atom is 0.416 e. The second kappa shape index (κ2) is 6.51. The highest BCUT2D eigenvalue weighted by Crippen LogP contribution is 2.29. The van der Waals surface area contributed by atoms with Crippen molar-refractivity contribution in [2.45, 2.75) is 26.1 Å². The van der Waals surface area contributed by atoms with Crippen LogP contribution >= 0.6 is 12.2 Å². The summed E-state index contributed by atoms with van der Waals surface area (Å²) in [5, 5.41) is 6.98. The molecule has 3 nitrogen and oxygen atoms in total. The van der Waals surface area contributed by atoms with E-state index in [9.17, 15) is 13.2 Å². The van der Waals surface area contributed by atoms with Crippen molar-refractivity contribution in [2.24, 2.45) is 5.10 Å². The first-order valence-corrected chi connectivity index (χ1v) is 5.96. The van der Waals surface area contributed by atoms with E-state index in [2.05, 4.69) is 15.8 Å². The number of nitrogens with zero attached hydrogens (tertiary/aromatic N) is 1. The van der Waals surface area contributed by atoms with E-state index in [1.165, 1.54) is 18.3 Å². The van der Waals surface area contributed by atoms with E-state index in [0.29, 0.717) is 10.7 Å². The maximum absolute atomic E-state index is 12.5. The van der Waals surface area contributed by atoms with E-state index in [4.69, 9.17) is 12.2 Å². The summed E-state index contributed by atoms with van der Waals surface area (Å²) < 4.78 is 37.4. The van der Waals surface area contributed by atoms with E-state index < -0.39 is 11.7 Å². The van der Waals surface area contributed by atoms with Gasteiger partial charge < -0.3 is 5.32 Å². The van der Waals surface area contributed by atoms with Gasteiger partial charge in [-0.15, -0.1) is 0 Å². The average Bonchev–Trinajstić information content (AvgIpc) is 2.27. The molecule has 1 rings (SSSR count). The van der Waals surface area contributed by atoms with Gasteiger partial charge in [0.1, 0.15) is 0 Å². The minimum Gasteiger partial charge on any atom is -0.359 e. The Morgan fingerprint density at radius 2 is 2.05 bits per heavy atom. The number of hydrazone groups is 1. The predicted molar refractivity (Wildman–Crippen MR) is 73.0 cm³/mol. The molecule has 0 saturated carbocycles. The molecule has 0 aliphatic carbocycles. The monoisotopic (exact) mass is 289 g/mol. The lowest BCUT2D eigenvalue weighted by Crippen LogP contribution is -2.36. The van der Waals surface area contributed by atoms with Gasteiger partial charge in [-0.05, 0) is 43.8 Å². The summed E-state index contributed by atoms with van der Waals surface area (Å²) in [4.78, 5) is 0. The first-order chi connectivity index (χ1) is 8.79. The lowest BCUT2D eigenvalue weighted by molar-refractivity contribution is -0.137. The van der Waals surface area contributed by atoms with Crippen LogP contribution in [0.2, 0.25) is 0 Å². The Morgan fingerprint density at radius 1 is 1.37 bits per heavy atom. The smallest absolute Gasteiger partial charge is 0.359 e. The first kappa shape index (κ1) is 15.4. The molecule has 0 spiro atoms. The van der Waals surface area contributed by atoms with Crippen molar-refractivity contribution in [3.05, 3.63) is 35.4 Å². The molecule has 7 heteroatoms. The summed E-state index contributed by atoms with van der Waals surface area (Å²) >= 11 is 4.91. The number of hydrogen-bond acceptors (Lipinski definition) is 2. The summed E-state index contributed by atoms with van der Waals surface area (Å²) in [7, 11) is 0. The van der Waals surface area contributed by atoms with E-state index in [1.54, 1.807) is 0 Å². The van der Waals surface area contributed by atoms with Crippen LogP contribution in [0.3, 0.4) is 0 Å². The Bertz CT molecular complexity index is 470. The minimum atomic E-state index is -4.36. The van der Waals surface area contributed by atoms with E-state index in [-0.39, 0.29) is 6.04 Å². The summed E-state index contributed by atoms with van der Waals surface area (Å²) in [5.74, 6) is 0. The van der Waals surface area contributed by atoms with Gasteiger partial charge >= 0.3 is 6.18 Å². The highest BCUT2D eigenvalue weighted by atomic mass is 32.1. The Balaban J connectivity index is 2.65. The molecule has 1 aromatic rings. The number of rotatable bonds is 3. The molecule has 0 heterocycles. The van der Waals surface area contributed by atoms with Gasteiger partial charge in [0.25, 0.3) is 0 Å². The molecule has 0 saturated heterocycles. The SMILES string of the molecule is CC(C)NC(=S)N/N=C\c1cccc(C(F)(F)F)c1. The Morgan fingerprint density at radius 3 is 2.63 bits per heavy atom. The van der Waals surface area contributed by atoms with Crippen molar-refractivity contribution in [2.75, 3.05) is 0 Å². The average molecular weight is 289 g/mol. The number of benzene rings is 1. The van der Waals surface area contributed by atoms with Gasteiger partial charge in [0.15, 0.2) is 5.11 Å². The molecule has 0 amide bonds. The molecule has 2 N–H and O–H groups in total. The molecular weight excluding hydrogens is 275 g/mol. The second-order valence-electron chi connectivity index (χ2n) is 4.12. The Labute approximate surface area is 114 Å². The normalized spacial score (nSPS) is 11.9. The topological polar surface area (TPSA) is 36.4 Å². The fraction of sp³-hybridized carbons (Fsp3) is 0.333. The van der Waals surface area contributed by atoms with Gasteiger partial charge in [-0.2, -0.15) is 18.3 Å². The minimum absolute atomic E-state index is 0.156. The van der Waals surface area contributed by atoms with Gasteiger partial charge in [0.05, 0.1) is 11.8 Å². The molecule has 0 radical (unpaired) electrons. The molecule has 0 atom stereocenters. The molecule has 0 aromatic heterocycles. The van der Waals surface area contributed by atoms with Gasteiger partial charge in [-0.25, -0.2) is 0 Å². The largest absolute Gasteiger partial charge is 0.416 e. The number of hydrogen-bond donors (Lipinski definition) is 2. The number of thiocarbonyl (C=S) groups is 1. The van der Waals surface area contributed by atoms with Crippen molar-refractivity contribution in [3.8, 4) is 0 Å². The maximum atomic E-state index is 12.5. The van der Waals surface area contributed by atoms with E-state index in [0.717, 1.165) is 12.1 Å². The van der Waals surface area contributed by atoms with E-state index in [1.807, 2.05) is 13.8 Å². The fourth-order valence-corrected chi connectivity index (χ4v) is 1.54. The summed E-state index contributed by atoms with van der Waals surface area (Å²) in [5.41, 5.74) is 2.16. The van der Waals surface area contributed by atoms with Gasteiger partial charge in [0.2, 0.25) is 0 Å². The summed E-state index contributed by atoms with van der Waals surface area (Å²) in [6.07, 6.45) is -3.07. The second-order valence-corrected chi connectivity index (χ2v) is 4.53. The van der Waals surface area contributed by atoms with Crippen LogP contribution in [0.15, 0.2) is 29.4 Å². The van der Waals surface area contributed by atoms with Crippen molar-refractivity contribution in [1.82, 2.24) is 10.7 Å². The molecule has 1 aromatic carbocycles. The van der Waals surface area contributed by atoms with Crippen LogP contribution in [0.25, 0.3) is 0 Å². The van der Waals surface area contributed by atoms with E-state index >= 15 is 0 Å². The van der Waals surface area contributed by atoms with Crippen molar-refractivity contribution in [1.29, 1.82) is 0 Å². The first-order valence-electron chi connectivity index (χ1n) is 5.56. The lowest BCUT2D eigenvalue weighted by atomic mass is 10.1. The zero-order valence-corrected chi connectivity index (χ0v) is 11.3. The molecule has 0 aliphatic heterocycles. The van der Waals surface area contributed by atoms with Crippen LogP contribution in [0.1, 0.15) is 25.0 Å². The third kappa shape index (κ3) is 5.69. The molecule has 19 heavy (non-hydrogen) atoms. The van der Waals surface area contributed by atoms with Crippen LogP contribution in [0.4, 0.5) is 13.2 Å². The highest BCUT2D eigenvalue weighted by Gasteiger charge is 2.30. The predicted octanol–water partition coefficient (Wildman–Crippen LogP) is 2.91. The Kier molecular flexibility index (Phi) is 5.29. The third-order valence-electron chi connectivity index (χ3n) is 2.01.